The van der Waals surface area contributed by atoms with Crippen LogP contribution in [0.25, 0.3) is 0 Å². The number of ketones is 1. The van der Waals surface area contributed by atoms with Crippen molar-refractivity contribution < 1.29 is 43.2 Å². The molecule has 0 aromatic heterocycles. The Morgan fingerprint density at radius 1 is 0.943 bits per heavy atom. The number of nitrogens with zero attached hydrogens (tertiary/aromatic N) is 2. The number of hydrogen-bond acceptors (Lipinski definition) is 10. The van der Waals surface area contributed by atoms with Gasteiger partial charge in [0.1, 0.15) is 30.8 Å². The van der Waals surface area contributed by atoms with E-state index in [-0.39, 0.29) is 48.7 Å². The molecule has 2 spiro atoms. The standard InChI is InChI=1S/C42H56N2O9/c1-38(2)33-32(46)34(47)41(25-7-5-4-6-8-25)29(40(33)21-50-31(45)19-30(40)52-38)15-17-39(3)35(51-37(48)36-42(39,41)53-36)26-16-18-49-28(26)14-11-23-9-12-24(13-10-23)27-20-43-22-44-27/h16,22-25,28-30,33-36,47H,4-15,17-21H2,1-3H3/p+1/t23?,24?,28?,29-,30+,33-,34-,35+,36-,39+,40+,41+,42-/m1/s1. The number of carbonyl (C=O) groups excluding carboxylic acids is 3. The van der Waals surface area contributed by atoms with E-state index in [0.717, 1.165) is 69.9 Å². The SMILES string of the molecule is CC1(C)O[C@H]2CC(=O)OC[C@@]23[C@@H]1C(=O)[C@@H](O)[C@]1(C2CCCCC2)[C@@H]3CC[C@@]2(C)[C@H](C3=CC[OH+]C3CCC3CCC(C4=NC=NC4)CC3)OC(=O)[C@H]3O[C@@]312. The van der Waals surface area contributed by atoms with E-state index in [0.29, 0.717) is 31.3 Å². The summed E-state index contributed by atoms with van der Waals surface area (Å²) >= 11 is 0. The van der Waals surface area contributed by atoms with Crippen LogP contribution in [0.3, 0.4) is 0 Å². The lowest BCUT2D eigenvalue weighted by Crippen LogP contribution is -2.79. The molecule has 4 saturated heterocycles. The predicted molar refractivity (Wildman–Crippen MR) is 193 cm³/mol. The maximum atomic E-state index is 15.1. The van der Waals surface area contributed by atoms with Gasteiger partial charge in [-0.1, -0.05) is 26.2 Å². The second-order valence-corrected chi connectivity index (χ2v) is 19.2. The molecule has 0 aromatic carbocycles. The zero-order valence-electron chi connectivity index (χ0n) is 31.6. The predicted octanol–water partition coefficient (Wildman–Crippen LogP) is 4.61. The highest BCUT2D eigenvalue weighted by atomic mass is 16.7. The number of esters is 2. The Labute approximate surface area is 312 Å². The summed E-state index contributed by atoms with van der Waals surface area (Å²) in [5.41, 5.74) is -2.22. The van der Waals surface area contributed by atoms with Gasteiger partial charge in [-0.15, -0.1) is 0 Å². The molecule has 288 valence electrons. The molecule has 11 atom stereocenters. The molecular formula is C42H57N2O9+. The molecule has 0 radical (unpaired) electrons. The van der Waals surface area contributed by atoms with E-state index in [1.807, 2.05) is 13.8 Å². The topological polar surface area (TPSA) is 149 Å². The van der Waals surface area contributed by atoms with Crippen molar-refractivity contribution in [1.29, 1.82) is 0 Å². The van der Waals surface area contributed by atoms with Gasteiger partial charge in [0.2, 0.25) is 0 Å². The second-order valence-electron chi connectivity index (χ2n) is 19.2. The van der Waals surface area contributed by atoms with Crippen molar-refractivity contribution in [1.82, 2.24) is 0 Å². The first-order valence-corrected chi connectivity index (χ1v) is 20.8. The first-order valence-electron chi connectivity index (χ1n) is 20.8. The fourth-order valence-electron chi connectivity index (χ4n) is 14.8. The third kappa shape index (κ3) is 4.51. The summed E-state index contributed by atoms with van der Waals surface area (Å²) < 4.78 is 31.2. The zero-order chi connectivity index (χ0) is 36.5. The molecule has 6 aliphatic heterocycles. The van der Waals surface area contributed by atoms with Gasteiger partial charge in [-0.3, -0.25) is 14.6 Å². The minimum absolute atomic E-state index is 0.0383. The van der Waals surface area contributed by atoms with E-state index in [9.17, 15) is 14.7 Å². The number of carbonyl (C=O) groups is 3. The number of Topliss-reactive ketones (excluding diaryl/α,β-unsaturated/α-hetero) is 1. The van der Waals surface area contributed by atoms with E-state index in [2.05, 4.69) is 23.0 Å². The average molecular weight is 734 g/mol. The van der Waals surface area contributed by atoms with Gasteiger partial charge in [0, 0.05) is 34.5 Å². The van der Waals surface area contributed by atoms with Gasteiger partial charge in [-0.05, 0) is 95.3 Å². The van der Waals surface area contributed by atoms with Crippen LogP contribution in [0.15, 0.2) is 21.6 Å². The summed E-state index contributed by atoms with van der Waals surface area (Å²) in [5.74, 6) is -0.673. The van der Waals surface area contributed by atoms with Gasteiger partial charge in [0.25, 0.3) is 0 Å². The maximum absolute atomic E-state index is 15.1. The minimum Gasteiger partial charge on any atom is -0.465 e. The van der Waals surface area contributed by atoms with Crippen LogP contribution < -0.4 is 0 Å². The highest BCUT2D eigenvalue weighted by Crippen LogP contribution is 2.81. The van der Waals surface area contributed by atoms with Crippen molar-refractivity contribution in [3.63, 3.8) is 0 Å². The van der Waals surface area contributed by atoms with Crippen molar-refractivity contribution in [3.05, 3.63) is 11.6 Å². The largest absolute Gasteiger partial charge is 0.465 e. The van der Waals surface area contributed by atoms with Crippen LogP contribution in [0.2, 0.25) is 0 Å². The molecule has 2 N–H and O–H groups in total. The Morgan fingerprint density at radius 2 is 1.74 bits per heavy atom. The third-order valence-electron chi connectivity index (χ3n) is 16.8. The Bertz CT molecular complexity index is 1670. The molecule has 0 amide bonds. The van der Waals surface area contributed by atoms with Gasteiger partial charge in [0.05, 0.1) is 36.2 Å². The van der Waals surface area contributed by atoms with Crippen molar-refractivity contribution in [2.45, 2.75) is 152 Å². The zero-order valence-corrected chi connectivity index (χ0v) is 31.6. The van der Waals surface area contributed by atoms with Crippen LogP contribution in [-0.4, -0.2) is 101 Å². The lowest BCUT2D eigenvalue weighted by atomic mass is 9.33. The minimum atomic E-state index is -1.34. The van der Waals surface area contributed by atoms with Gasteiger partial charge in [-0.2, -0.15) is 0 Å². The molecule has 53 heavy (non-hydrogen) atoms. The van der Waals surface area contributed by atoms with E-state index in [4.69, 9.17) is 23.7 Å². The molecule has 6 heterocycles. The number of ether oxygens (including phenoxy) is 5. The quantitative estimate of drug-likeness (QED) is 0.180. The molecule has 10 aliphatic rings. The Kier molecular flexibility index (Phi) is 7.93. The summed E-state index contributed by atoms with van der Waals surface area (Å²) in [6.07, 6.45) is 13.5. The monoisotopic (exact) mass is 733 g/mol. The van der Waals surface area contributed by atoms with E-state index >= 15 is 4.79 Å². The maximum Gasteiger partial charge on any atom is 0.339 e. The summed E-state index contributed by atoms with van der Waals surface area (Å²) in [6, 6.07) is 0. The molecule has 4 saturated carbocycles. The number of aliphatic hydroxyl groups excluding tert-OH is 1. The molecule has 10 rings (SSSR count). The molecule has 1 unspecified atom stereocenters. The molecule has 0 bridgehead atoms. The van der Waals surface area contributed by atoms with Gasteiger partial charge < -0.3 is 28.8 Å². The van der Waals surface area contributed by atoms with Crippen LogP contribution in [-0.2, 0) is 33.3 Å². The van der Waals surface area contributed by atoms with Crippen molar-refractivity contribution >= 4 is 29.8 Å². The lowest BCUT2D eigenvalue weighted by molar-refractivity contribution is -0.272. The number of aliphatic imine (C=N–C) groups is 2. The number of fused-ring (bicyclic) bond motifs is 1. The van der Waals surface area contributed by atoms with Crippen LogP contribution in [0.4, 0.5) is 0 Å². The summed E-state index contributed by atoms with van der Waals surface area (Å²) in [5, 5.41) is 13.0. The molecule has 11 nitrogen and oxygen atoms in total. The Morgan fingerprint density at radius 3 is 2.49 bits per heavy atom. The van der Waals surface area contributed by atoms with Gasteiger partial charge in [0.15, 0.2) is 24.6 Å². The van der Waals surface area contributed by atoms with Crippen molar-refractivity contribution in [2.24, 2.45) is 55.8 Å². The highest BCUT2D eigenvalue weighted by Gasteiger charge is 2.93. The van der Waals surface area contributed by atoms with E-state index in [1.165, 1.54) is 18.6 Å². The first kappa shape index (κ1) is 35.0. The fourth-order valence-corrected chi connectivity index (χ4v) is 14.8. The normalized spacial score (nSPS) is 49.8. The number of rotatable bonds is 6. The van der Waals surface area contributed by atoms with Crippen LogP contribution in [0, 0.1) is 45.8 Å². The summed E-state index contributed by atoms with van der Waals surface area (Å²) in [7, 11) is 0. The third-order valence-corrected chi connectivity index (χ3v) is 16.8. The first-order chi connectivity index (χ1) is 25.5. The number of hydrogen-bond donors (Lipinski definition) is 1. The number of cyclic esters (lactones) is 2. The average Bonchev–Trinajstić information content (AvgIpc) is 3.43. The van der Waals surface area contributed by atoms with Crippen LogP contribution in [0.5, 0.6) is 0 Å². The van der Waals surface area contributed by atoms with Crippen molar-refractivity contribution in [3.8, 4) is 0 Å². The van der Waals surface area contributed by atoms with Gasteiger partial charge >= 0.3 is 11.9 Å². The van der Waals surface area contributed by atoms with Crippen LogP contribution >= 0.6 is 0 Å². The van der Waals surface area contributed by atoms with Gasteiger partial charge in [-0.25, -0.2) is 9.79 Å². The Hall–Kier alpha value is -2.47. The highest BCUT2D eigenvalue weighted by molar-refractivity contribution is 5.98. The smallest absolute Gasteiger partial charge is 0.339 e. The molecule has 4 aliphatic carbocycles. The molecule has 0 aromatic rings. The Balaban J connectivity index is 1.00. The molecular weight excluding hydrogens is 676 g/mol. The molecule has 8 fully saturated rings. The molecule has 11 heteroatoms. The second kappa shape index (κ2) is 12.0. The summed E-state index contributed by atoms with van der Waals surface area (Å²) in [6.45, 7) is 7.50. The number of epoxide rings is 1. The van der Waals surface area contributed by atoms with Crippen molar-refractivity contribution in [2.75, 3.05) is 19.8 Å². The van der Waals surface area contributed by atoms with E-state index < -0.39 is 57.8 Å². The lowest BCUT2D eigenvalue weighted by Gasteiger charge is -2.70. The van der Waals surface area contributed by atoms with E-state index in [1.54, 1.807) is 6.34 Å². The fraction of sp³-hybridized carbons (Fsp3) is 0.833. The van der Waals surface area contributed by atoms with Crippen LogP contribution in [0.1, 0.15) is 111 Å². The summed E-state index contributed by atoms with van der Waals surface area (Å²) in [4.78, 5) is 51.1. The number of aliphatic hydroxyl groups is 3.